The molecule has 0 N–H and O–H groups in total. The smallest absolute Gasteiger partial charge is 0.0622 e. The Hall–Kier alpha value is -1.99. The van der Waals surface area contributed by atoms with Crippen molar-refractivity contribution >= 4 is 12.6 Å². The molecule has 0 heterocycles. The van der Waals surface area contributed by atoms with Crippen molar-refractivity contribution in [1.82, 2.24) is 0 Å². The minimum absolute atomic E-state index is 0.700. The molecular formula is C24H25S+. The van der Waals surface area contributed by atoms with Gasteiger partial charge in [0.15, 0.2) is 4.90 Å². The summed E-state index contributed by atoms with van der Waals surface area (Å²) in [5.41, 5.74) is 6.67. The van der Waals surface area contributed by atoms with Gasteiger partial charge in [-0.15, -0.1) is 0 Å². The Kier molecular flexibility index (Phi) is 4.94. The van der Waals surface area contributed by atoms with Gasteiger partial charge < -0.3 is 0 Å². The highest BCUT2D eigenvalue weighted by molar-refractivity contribution is 7.59. The van der Waals surface area contributed by atoms with E-state index >= 15 is 0 Å². The van der Waals surface area contributed by atoms with E-state index in [9.17, 15) is 0 Å². The first-order valence-corrected chi connectivity index (χ1v) is 9.83. The van der Waals surface area contributed by atoms with Crippen LogP contribution in [0.1, 0.15) is 43.6 Å². The van der Waals surface area contributed by atoms with Crippen molar-refractivity contribution < 1.29 is 0 Å². The zero-order valence-electron chi connectivity index (χ0n) is 14.5. The maximum absolute atomic E-state index is 3.97. The Morgan fingerprint density at radius 2 is 1.12 bits per heavy atom. The quantitative estimate of drug-likeness (QED) is 0.479. The summed E-state index contributed by atoms with van der Waals surface area (Å²) in [5, 5.41) is 0. The standard InChI is InChI=1S/C24H24S/c25-24-22(19-12-6-2-7-13-19)16-21(18-10-4-1-5-11-18)17-23(24)20-14-8-3-9-15-20/h2-3,6-9,12-18,25H,1,4-5,10-11H2/p+1. The van der Waals surface area contributed by atoms with Gasteiger partial charge in [0.25, 0.3) is 0 Å². The summed E-state index contributed by atoms with van der Waals surface area (Å²) in [6.45, 7) is 0. The lowest BCUT2D eigenvalue weighted by Gasteiger charge is -2.23. The summed E-state index contributed by atoms with van der Waals surface area (Å²) < 4.78 is 0. The minimum Gasteiger partial charge on any atom is -0.0622 e. The highest BCUT2D eigenvalue weighted by Gasteiger charge is 2.21. The molecule has 1 fully saturated rings. The molecule has 0 aliphatic heterocycles. The van der Waals surface area contributed by atoms with Gasteiger partial charge in [-0.25, -0.2) is 0 Å². The van der Waals surface area contributed by atoms with Crippen LogP contribution in [0.5, 0.6) is 0 Å². The van der Waals surface area contributed by atoms with Crippen molar-refractivity contribution in [1.29, 1.82) is 0 Å². The molecule has 3 aromatic rings. The van der Waals surface area contributed by atoms with E-state index in [-0.39, 0.29) is 0 Å². The van der Waals surface area contributed by atoms with Gasteiger partial charge in [0.1, 0.15) is 0 Å². The molecule has 4 rings (SSSR count). The number of hydrogen-bond acceptors (Lipinski definition) is 0. The highest BCUT2D eigenvalue weighted by atomic mass is 32.1. The SMILES string of the molecule is [SH2+]c1c(-c2ccccc2)cc(C2CCCCC2)cc1-c1ccccc1. The van der Waals surface area contributed by atoms with E-state index in [0.717, 1.165) is 0 Å². The van der Waals surface area contributed by atoms with Crippen molar-refractivity contribution in [2.75, 3.05) is 0 Å². The summed E-state index contributed by atoms with van der Waals surface area (Å²) in [5.74, 6) is 0.700. The molecule has 0 bridgehead atoms. The summed E-state index contributed by atoms with van der Waals surface area (Å²) in [6.07, 6.45) is 6.76. The van der Waals surface area contributed by atoms with Crippen LogP contribution in [0.15, 0.2) is 77.7 Å². The lowest BCUT2D eigenvalue weighted by atomic mass is 9.82. The second-order valence-electron chi connectivity index (χ2n) is 7.06. The Bertz CT molecular complexity index is 770. The first kappa shape index (κ1) is 16.5. The zero-order valence-corrected chi connectivity index (χ0v) is 15.5. The van der Waals surface area contributed by atoms with E-state index in [0.29, 0.717) is 5.92 Å². The normalized spacial score (nSPS) is 15.2. The van der Waals surface area contributed by atoms with Crippen LogP contribution in [0.3, 0.4) is 0 Å². The zero-order chi connectivity index (χ0) is 17.1. The first-order chi connectivity index (χ1) is 12.3. The average molecular weight is 346 g/mol. The summed E-state index contributed by atoms with van der Waals surface area (Å²) in [4.78, 5) is 1.19. The van der Waals surface area contributed by atoms with Crippen molar-refractivity contribution in [2.45, 2.75) is 42.9 Å². The maximum Gasteiger partial charge on any atom is 0.165 e. The molecule has 3 aromatic carbocycles. The van der Waals surface area contributed by atoms with E-state index in [4.69, 9.17) is 0 Å². The summed E-state index contributed by atoms with van der Waals surface area (Å²) >= 11 is 3.97. The van der Waals surface area contributed by atoms with E-state index in [1.807, 2.05) is 0 Å². The molecule has 0 saturated heterocycles. The molecule has 1 saturated carbocycles. The van der Waals surface area contributed by atoms with Crippen molar-refractivity contribution in [2.24, 2.45) is 0 Å². The Labute approximate surface area is 156 Å². The van der Waals surface area contributed by atoms with Crippen molar-refractivity contribution in [3.63, 3.8) is 0 Å². The van der Waals surface area contributed by atoms with E-state index in [1.165, 1.54) is 64.8 Å². The highest BCUT2D eigenvalue weighted by Crippen LogP contribution is 2.39. The van der Waals surface area contributed by atoms with Gasteiger partial charge in [-0.3, -0.25) is 0 Å². The fraction of sp³-hybridized carbons (Fsp3) is 0.250. The van der Waals surface area contributed by atoms with Gasteiger partial charge in [0, 0.05) is 11.1 Å². The third-order valence-electron chi connectivity index (χ3n) is 5.41. The molecule has 0 spiro atoms. The lowest BCUT2D eigenvalue weighted by molar-refractivity contribution is 0.443. The summed E-state index contributed by atoms with van der Waals surface area (Å²) in [6, 6.07) is 26.3. The minimum atomic E-state index is 0.700. The van der Waals surface area contributed by atoms with Crippen LogP contribution < -0.4 is 0 Å². The second kappa shape index (κ2) is 7.49. The second-order valence-corrected chi connectivity index (χ2v) is 7.56. The van der Waals surface area contributed by atoms with E-state index in [2.05, 4.69) is 85.4 Å². The van der Waals surface area contributed by atoms with Gasteiger partial charge in [-0.2, -0.15) is 0 Å². The molecule has 0 aromatic heterocycles. The van der Waals surface area contributed by atoms with Crippen LogP contribution in [0.25, 0.3) is 22.3 Å². The number of hydrogen-bond donors (Lipinski definition) is 0. The first-order valence-electron chi connectivity index (χ1n) is 9.33. The van der Waals surface area contributed by atoms with Crippen LogP contribution in [0, 0.1) is 0 Å². The molecule has 1 heteroatoms. The predicted molar refractivity (Wildman–Crippen MR) is 112 cm³/mol. The van der Waals surface area contributed by atoms with Crippen molar-refractivity contribution in [3.05, 3.63) is 78.4 Å². The van der Waals surface area contributed by atoms with Gasteiger partial charge in [-0.05, 0) is 60.2 Å². The van der Waals surface area contributed by atoms with Gasteiger partial charge in [0.05, 0.1) is 0 Å². The third-order valence-corrected chi connectivity index (χ3v) is 5.95. The Balaban J connectivity index is 1.88. The Morgan fingerprint density at radius 3 is 1.60 bits per heavy atom. The van der Waals surface area contributed by atoms with Gasteiger partial charge in [-0.1, -0.05) is 79.9 Å². The van der Waals surface area contributed by atoms with Gasteiger partial charge >= 0.3 is 0 Å². The third kappa shape index (κ3) is 3.52. The van der Waals surface area contributed by atoms with Crippen LogP contribution in [-0.2, 0) is 12.6 Å². The lowest BCUT2D eigenvalue weighted by Crippen LogP contribution is -2.05. The predicted octanol–water partition coefficient (Wildman–Crippen LogP) is 6.44. The molecule has 1 aliphatic rings. The topological polar surface area (TPSA) is 0 Å². The van der Waals surface area contributed by atoms with Crippen LogP contribution >= 0.6 is 0 Å². The molecule has 1 aliphatic carbocycles. The number of rotatable bonds is 3. The fourth-order valence-corrected chi connectivity index (χ4v) is 4.46. The fourth-order valence-electron chi connectivity index (χ4n) is 4.03. The number of benzene rings is 3. The molecule has 126 valence electrons. The maximum atomic E-state index is 3.97. The molecule has 0 atom stereocenters. The van der Waals surface area contributed by atoms with Crippen LogP contribution in [-0.4, -0.2) is 0 Å². The molecule has 0 unspecified atom stereocenters. The molecular weight excluding hydrogens is 320 g/mol. The molecule has 0 amide bonds. The van der Waals surface area contributed by atoms with Crippen LogP contribution in [0.2, 0.25) is 0 Å². The monoisotopic (exact) mass is 345 g/mol. The van der Waals surface area contributed by atoms with E-state index < -0.39 is 0 Å². The molecule has 0 nitrogen and oxygen atoms in total. The summed E-state index contributed by atoms with van der Waals surface area (Å²) in [7, 11) is 0. The molecule has 25 heavy (non-hydrogen) atoms. The Morgan fingerprint density at radius 1 is 0.640 bits per heavy atom. The van der Waals surface area contributed by atoms with Crippen LogP contribution in [0.4, 0.5) is 0 Å². The van der Waals surface area contributed by atoms with Crippen molar-refractivity contribution in [3.8, 4) is 22.3 Å². The molecule has 0 radical (unpaired) electrons. The van der Waals surface area contributed by atoms with E-state index in [1.54, 1.807) is 0 Å². The van der Waals surface area contributed by atoms with Gasteiger partial charge in [0.2, 0.25) is 0 Å². The average Bonchev–Trinajstić information content (AvgIpc) is 2.70. The largest absolute Gasteiger partial charge is 0.165 e.